The Kier molecular flexibility index (Phi) is 3.47. The number of nitrogens with zero attached hydrogens (tertiary/aromatic N) is 2. The summed E-state index contributed by atoms with van der Waals surface area (Å²) >= 11 is 0. The summed E-state index contributed by atoms with van der Waals surface area (Å²) in [5, 5.41) is 0. The first-order valence-electron chi connectivity index (χ1n) is 6.79. The topological polar surface area (TPSA) is 42.1 Å². The van der Waals surface area contributed by atoms with Crippen LogP contribution in [0.2, 0.25) is 0 Å². The molecular weight excluding hydrogens is 234 g/mol. The second-order valence-corrected chi connectivity index (χ2v) is 5.21. The zero-order valence-electron chi connectivity index (χ0n) is 11.0. The Balaban J connectivity index is 1.62. The summed E-state index contributed by atoms with van der Waals surface area (Å²) in [6.45, 7) is 3.19. The molecule has 2 heterocycles. The lowest BCUT2D eigenvalue weighted by molar-refractivity contribution is 0.323. The largest absolute Gasteiger partial charge is 0.397 e. The van der Waals surface area contributed by atoms with Crippen molar-refractivity contribution in [2.75, 3.05) is 18.8 Å². The molecule has 2 aromatic rings. The zero-order chi connectivity index (χ0) is 13.1. The minimum Gasteiger partial charge on any atom is -0.397 e. The molecule has 0 saturated carbocycles. The zero-order valence-corrected chi connectivity index (χ0v) is 11.0. The van der Waals surface area contributed by atoms with Gasteiger partial charge in [0.1, 0.15) is 0 Å². The first-order chi connectivity index (χ1) is 9.31. The molecule has 1 aliphatic rings. The molecule has 0 aliphatic carbocycles. The Labute approximate surface area is 114 Å². The number of nitrogen functional groups attached to an aromatic ring is 1. The summed E-state index contributed by atoms with van der Waals surface area (Å²) in [6.07, 6.45) is 2.97. The highest BCUT2D eigenvalue weighted by Crippen LogP contribution is 2.27. The van der Waals surface area contributed by atoms with Crippen molar-refractivity contribution in [2.24, 2.45) is 0 Å². The third kappa shape index (κ3) is 2.93. The molecule has 1 aromatic carbocycles. The standard InChI is InChI=1S/C16H19N3/c17-15-6-7-16(18-10-15)12-19-9-8-14(11-19)13-4-2-1-3-5-13/h1-7,10,14H,8-9,11-12,17H2. The Morgan fingerprint density at radius 1 is 1.16 bits per heavy atom. The molecule has 1 unspecified atom stereocenters. The van der Waals surface area contributed by atoms with E-state index in [1.54, 1.807) is 6.20 Å². The molecule has 2 N–H and O–H groups in total. The second kappa shape index (κ2) is 5.41. The van der Waals surface area contributed by atoms with Crippen molar-refractivity contribution >= 4 is 5.69 Å². The van der Waals surface area contributed by atoms with Crippen molar-refractivity contribution in [3.63, 3.8) is 0 Å². The summed E-state index contributed by atoms with van der Waals surface area (Å²) in [6, 6.07) is 14.7. The molecular formula is C16H19N3. The molecule has 98 valence electrons. The highest BCUT2D eigenvalue weighted by molar-refractivity contribution is 5.34. The summed E-state index contributed by atoms with van der Waals surface area (Å²) in [4.78, 5) is 6.84. The summed E-state index contributed by atoms with van der Waals surface area (Å²) in [7, 11) is 0. The van der Waals surface area contributed by atoms with Crippen LogP contribution in [-0.4, -0.2) is 23.0 Å². The van der Waals surface area contributed by atoms with Gasteiger partial charge in [-0.1, -0.05) is 30.3 Å². The lowest BCUT2D eigenvalue weighted by Gasteiger charge is -2.15. The number of rotatable bonds is 3. The second-order valence-electron chi connectivity index (χ2n) is 5.21. The van der Waals surface area contributed by atoms with Crippen LogP contribution in [0.5, 0.6) is 0 Å². The monoisotopic (exact) mass is 253 g/mol. The van der Waals surface area contributed by atoms with Crippen LogP contribution < -0.4 is 5.73 Å². The molecule has 0 radical (unpaired) electrons. The Morgan fingerprint density at radius 3 is 2.74 bits per heavy atom. The molecule has 3 nitrogen and oxygen atoms in total. The highest BCUT2D eigenvalue weighted by atomic mass is 15.1. The number of hydrogen-bond donors (Lipinski definition) is 1. The van der Waals surface area contributed by atoms with Gasteiger partial charge in [0.05, 0.1) is 17.6 Å². The normalized spacial score (nSPS) is 19.7. The van der Waals surface area contributed by atoms with Gasteiger partial charge in [0.2, 0.25) is 0 Å². The summed E-state index contributed by atoms with van der Waals surface area (Å²) < 4.78 is 0. The van der Waals surface area contributed by atoms with E-state index in [9.17, 15) is 0 Å². The molecule has 19 heavy (non-hydrogen) atoms. The van der Waals surface area contributed by atoms with Crippen molar-refractivity contribution in [2.45, 2.75) is 18.9 Å². The summed E-state index contributed by atoms with van der Waals surface area (Å²) in [5.41, 5.74) is 8.94. The molecule has 1 saturated heterocycles. The van der Waals surface area contributed by atoms with Crippen molar-refractivity contribution in [3.8, 4) is 0 Å². The van der Waals surface area contributed by atoms with Gasteiger partial charge in [-0.15, -0.1) is 0 Å². The maximum Gasteiger partial charge on any atom is 0.0545 e. The van der Waals surface area contributed by atoms with E-state index < -0.39 is 0 Å². The van der Waals surface area contributed by atoms with Crippen LogP contribution in [0.3, 0.4) is 0 Å². The number of hydrogen-bond acceptors (Lipinski definition) is 3. The van der Waals surface area contributed by atoms with E-state index in [2.05, 4.69) is 40.2 Å². The van der Waals surface area contributed by atoms with Gasteiger partial charge in [-0.3, -0.25) is 9.88 Å². The van der Waals surface area contributed by atoms with Crippen LogP contribution in [0.15, 0.2) is 48.7 Å². The van der Waals surface area contributed by atoms with E-state index in [4.69, 9.17) is 5.73 Å². The van der Waals surface area contributed by atoms with Gasteiger partial charge in [-0.05, 0) is 36.6 Å². The maximum absolute atomic E-state index is 5.66. The van der Waals surface area contributed by atoms with E-state index >= 15 is 0 Å². The molecule has 3 heteroatoms. The van der Waals surface area contributed by atoms with Crippen molar-refractivity contribution in [1.82, 2.24) is 9.88 Å². The SMILES string of the molecule is Nc1ccc(CN2CCC(c3ccccc3)C2)nc1. The molecule has 1 fully saturated rings. The van der Waals surface area contributed by atoms with Gasteiger partial charge in [0.15, 0.2) is 0 Å². The number of aromatic nitrogens is 1. The number of nitrogens with two attached hydrogens (primary N) is 1. The molecule has 1 aromatic heterocycles. The minimum atomic E-state index is 0.662. The van der Waals surface area contributed by atoms with E-state index in [0.717, 1.165) is 31.0 Å². The van der Waals surface area contributed by atoms with Gasteiger partial charge in [0, 0.05) is 13.1 Å². The summed E-state index contributed by atoms with van der Waals surface area (Å²) in [5.74, 6) is 0.662. The van der Waals surface area contributed by atoms with Gasteiger partial charge in [0.25, 0.3) is 0 Å². The molecule has 0 amide bonds. The number of anilines is 1. The van der Waals surface area contributed by atoms with Crippen LogP contribution in [0, 0.1) is 0 Å². The lowest BCUT2D eigenvalue weighted by atomic mass is 9.99. The molecule has 0 spiro atoms. The van der Waals surface area contributed by atoms with E-state index in [0.29, 0.717) is 5.92 Å². The lowest BCUT2D eigenvalue weighted by Crippen LogP contribution is -2.20. The van der Waals surface area contributed by atoms with Gasteiger partial charge in [-0.2, -0.15) is 0 Å². The first kappa shape index (κ1) is 12.2. The Bertz CT molecular complexity index is 521. The Morgan fingerprint density at radius 2 is 2.00 bits per heavy atom. The first-order valence-corrected chi connectivity index (χ1v) is 6.79. The van der Waals surface area contributed by atoms with Crippen LogP contribution >= 0.6 is 0 Å². The predicted octanol–water partition coefficient (Wildman–Crippen LogP) is 2.65. The maximum atomic E-state index is 5.66. The third-order valence-electron chi connectivity index (χ3n) is 3.78. The fourth-order valence-corrected chi connectivity index (χ4v) is 2.73. The fourth-order valence-electron chi connectivity index (χ4n) is 2.73. The smallest absolute Gasteiger partial charge is 0.0545 e. The Hall–Kier alpha value is -1.87. The molecule has 3 rings (SSSR count). The van der Waals surface area contributed by atoms with Crippen LogP contribution in [0.25, 0.3) is 0 Å². The highest BCUT2D eigenvalue weighted by Gasteiger charge is 2.23. The third-order valence-corrected chi connectivity index (χ3v) is 3.78. The van der Waals surface area contributed by atoms with Crippen molar-refractivity contribution < 1.29 is 0 Å². The molecule has 1 atom stereocenters. The number of pyridine rings is 1. The van der Waals surface area contributed by atoms with Crippen molar-refractivity contribution in [3.05, 3.63) is 59.9 Å². The average molecular weight is 253 g/mol. The molecule has 0 bridgehead atoms. The van der Waals surface area contributed by atoms with Crippen molar-refractivity contribution in [1.29, 1.82) is 0 Å². The number of benzene rings is 1. The van der Waals surface area contributed by atoms with E-state index in [1.807, 2.05) is 12.1 Å². The van der Waals surface area contributed by atoms with E-state index in [1.165, 1.54) is 12.0 Å². The van der Waals surface area contributed by atoms with Crippen LogP contribution in [0.1, 0.15) is 23.6 Å². The fraction of sp³-hybridized carbons (Fsp3) is 0.312. The van der Waals surface area contributed by atoms with Crippen LogP contribution in [0.4, 0.5) is 5.69 Å². The quantitative estimate of drug-likeness (QED) is 0.914. The molecule has 1 aliphatic heterocycles. The predicted molar refractivity (Wildman–Crippen MR) is 77.7 cm³/mol. The van der Waals surface area contributed by atoms with Gasteiger partial charge in [-0.25, -0.2) is 0 Å². The van der Waals surface area contributed by atoms with Gasteiger partial charge >= 0.3 is 0 Å². The van der Waals surface area contributed by atoms with Gasteiger partial charge < -0.3 is 5.73 Å². The average Bonchev–Trinajstić information content (AvgIpc) is 2.91. The van der Waals surface area contributed by atoms with E-state index in [-0.39, 0.29) is 0 Å². The number of likely N-dealkylation sites (tertiary alicyclic amines) is 1. The minimum absolute atomic E-state index is 0.662. The van der Waals surface area contributed by atoms with Crippen LogP contribution in [-0.2, 0) is 6.54 Å².